The SMILES string of the molecule is O=C1[C@@H](CCCc2ccccc2)[C@H](c2cccc(OCc3ccccc3)c2)N1c1ccccc1. The molecule has 0 N–H and O–H groups in total. The van der Waals surface area contributed by atoms with Crippen LogP contribution in [0.4, 0.5) is 5.69 Å². The third kappa shape index (κ3) is 4.89. The number of hydrogen-bond acceptors (Lipinski definition) is 2. The van der Waals surface area contributed by atoms with Crippen molar-refractivity contribution in [3.8, 4) is 5.75 Å². The summed E-state index contributed by atoms with van der Waals surface area (Å²) in [5, 5.41) is 0. The van der Waals surface area contributed by atoms with Crippen molar-refractivity contribution in [1.29, 1.82) is 0 Å². The molecule has 4 aromatic carbocycles. The Morgan fingerprint density at radius 1 is 0.706 bits per heavy atom. The van der Waals surface area contributed by atoms with E-state index in [1.807, 2.05) is 71.6 Å². The van der Waals surface area contributed by atoms with Crippen molar-refractivity contribution in [2.45, 2.75) is 31.9 Å². The van der Waals surface area contributed by atoms with Crippen LogP contribution >= 0.6 is 0 Å². The van der Waals surface area contributed by atoms with Crippen LogP contribution in [0.2, 0.25) is 0 Å². The highest BCUT2D eigenvalue weighted by Crippen LogP contribution is 2.46. The van der Waals surface area contributed by atoms with Gasteiger partial charge in [-0.1, -0.05) is 91.0 Å². The van der Waals surface area contributed by atoms with Crippen molar-refractivity contribution < 1.29 is 9.53 Å². The molecular weight excluding hydrogens is 418 g/mol. The summed E-state index contributed by atoms with van der Waals surface area (Å²) < 4.78 is 6.09. The lowest BCUT2D eigenvalue weighted by molar-refractivity contribution is -0.130. The monoisotopic (exact) mass is 447 g/mol. The van der Waals surface area contributed by atoms with E-state index in [0.29, 0.717) is 6.61 Å². The number of aryl methyl sites for hydroxylation is 1. The number of amides is 1. The van der Waals surface area contributed by atoms with Gasteiger partial charge >= 0.3 is 0 Å². The Kier molecular flexibility index (Phi) is 6.71. The van der Waals surface area contributed by atoms with Crippen molar-refractivity contribution in [2.75, 3.05) is 4.90 Å². The number of nitrogens with zero attached hydrogens (tertiary/aromatic N) is 1. The van der Waals surface area contributed by atoms with Gasteiger partial charge in [-0.25, -0.2) is 0 Å². The van der Waals surface area contributed by atoms with Gasteiger partial charge in [0.25, 0.3) is 0 Å². The van der Waals surface area contributed by atoms with Crippen LogP contribution in [0.3, 0.4) is 0 Å². The van der Waals surface area contributed by atoms with E-state index in [9.17, 15) is 4.79 Å². The molecule has 0 aromatic heterocycles. The molecule has 2 atom stereocenters. The maximum absolute atomic E-state index is 13.3. The first-order valence-electron chi connectivity index (χ1n) is 12.0. The number of benzene rings is 4. The highest BCUT2D eigenvalue weighted by molar-refractivity contribution is 6.03. The molecule has 5 rings (SSSR count). The second-order valence-electron chi connectivity index (χ2n) is 8.82. The molecule has 1 aliphatic rings. The first kappa shape index (κ1) is 22.0. The molecule has 170 valence electrons. The second-order valence-corrected chi connectivity index (χ2v) is 8.82. The quantitative estimate of drug-likeness (QED) is 0.259. The van der Waals surface area contributed by atoms with Gasteiger partial charge in [-0.2, -0.15) is 0 Å². The Morgan fingerprint density at radius 2 is 1.35 bits per heavy atom. The second kappa shape index (κ2) is 10.4. The van der Waals surface area contributed by atoms with Gasteiger partial charge in [0, 0.05) is 5.69 Å². The highest BCUT2D eigenvalue weighted by Gasteiger charge is 2.48. The standard InChI is InChI=1S/C31H29NO2/c33-31-29(21-10-16-24-12-4-1-5-13-24)30(32(31)27-18-8-3-9-19-27)26-17-11-20-28(22-26)34-23-25-14-6-2-7-15-25/h1-9,11-15,17-20,22,29-30H,10,16,21,23H2/t29-,30-/m0/s1. The lowest BCUT2D eigenvalue weighted by atomic mass is 9.78. The van der Waals surface area contributed by atoms with Crippen molar-refractivity contribution >= 4 is 11.6 Å². The number of carbonyl (C=O) groups excluding carboxylic acids is 1. The van der Waals surface area contributed by atoms with E-state index < -0.39 is 0 Å². The fraction of sp³-hybridized carbons (Fsp3) is 0.194. The molecular formula is C31H29NO2. The minimum Gasteiger partial charge on any atom is -0.489 e. The van der Waals surface area contributed by atoms with Crippen LogP contribution in [0.5, 0.6) is 5.75 Å². The molecule has 0 spiro atoms. The molecule has 1 heterocycles. The molecule has 4 aromatic rings. The number of rotatable bonds is 9. The average Bonchev–Trinajstić information content (AvgIpc) is 2.90. The van der Waals surface area contributed by atoms with Gasteiger partial charge in [0.15, 0.2) is 0 Å². The van der Waals surface area contributed by atoms with Crippen LogP contribution in [0.25, 0.3) is 0 Å². The van der Waals surface area contributed by atoms with E-state index >= 15 is 0 Å². The van der Waals surface area contributed by atoms with Crippen molar-refractivity contribution in [1.82, 2.24) is 0 Å². The lowest BCUT2D eigenvalue weighted by Gasteiger charge is -2.47. The summed E-state index contributed by atoms with van der Waals surface area (Å²) in [5.41, 5.74) is 4.53. The average molecular weight is 448 g/mol. The van der Waals surface area contributed by atoms with Gasteiger partial charge in [-0.15, -0.1) is 0 Å². The Morgan fingerprint density at radius 3 is 2.06 bits per heavy atom. The first-order chi connectivity index (χ1) is 16.8. The van der Waals surface area contributed by atoms with Crippen molar-refractivity contribution in [3.63, 3.8) is 0 Å². The molecule has 0 bridgehead atoms. The van der Waals surface area contributed by atoms with Crippen molar-refractivity contribution in [3.05, 3.63) is 132 Å². The molecule has 3 heteroatoms. The summed E-state index contributed by atoms with van der Waals surface area (Å²) in [6, 6.07) is 38.9. The van der Waals surface area contributed by atoms with Crippen LogP contribution in [-0.4, -0.2) is 5.91 Å². The number of ether oxygens (including phenoxy) is 1. The minimum absolute atomic E-state index is 0.0194. The Bertz CT molecular complexity index is 1210. The van der Waals surface area contributed by atoms with Gasteiger partial charge in [-0.3, -0.25) is 4.79 Å². The topological polar surface area (TPSA) is 29.5 Å². The lowest BCUT2D eigenvalue weighted by Crippen LogP contribution is -2.55. The predicted octanol–water partition coefficient (Wildman–Crippen LogP) is 6.99. The van der Waals surface area contributed by atoms with E-state index in [2.05, 4.69) is 48.5 Å². The van der Waals surface area contributed by atoms with Crippen LogP contribution in [-0.2, 0) is 17.8 Å². The molecule has 1 amide bonds. The largest absolute Gasteiger partial charge is 0.489 e. The smallest absolute Gasteiger partial charge is 0.233 e. The predicted molar refractivity (Wildman–Crippen MR) is 137 cm³/mol. The normalized spacial score (nSPS) is 17.3. The van der Waals surface area contributed by atoms with Gasteiger partial charge in [0.1, 0.15) is 12.4 Å². The Balaban J connectivity index is 1.34. The summed E-state index contributed by atoms with van der Waals surface area (Å²) >= 11 is 0. The van der Waals surface area contributed by atoms with E-state index in [4.69, 9.17) is 4.74 Å². The Labute approximate surface area is 201 Å². The maximum atomic E-state index is 13.3. The summed E-state index contributed by atoms with van der Waals surface area (Å²) in [5.74, 6) is 1.02. The highest BCUT2D eigenvalue weighted by atomic mass is 16.5. The van der Waals surface area contributed by atoms with Crippen LogP contribution < -0.4 is 9.64 Å². The number of para-hydroxylation sites is 1. The summed E-state index contributed by atoms with van der Waals surface area (Å²) in [7, 11) is 0. The Hall–Kier alpha value is -3.85. The minimum atomic E-state index is -0.0201. The van der Waals surface area contributed by atoms with E-state index in [1.54, 1.807) is 0 Å². The van der Waals surface area contributed by atoms with E-state index in [-0.39, 0.29) is 17.9 Å². The van der Waals surface area contributed by atoms with Crippen LogP contribution in [0.1, 0.15) is 35.6 Å². The molecule has 34 heavy (non-hydrogen) atoms. The van der Waals surface area contributed by atoms with E-state index in [1.165, 1.54) is 5.56 Å². The zero-order valence-electron chi connectivity index (χ0n) is 19.2. The number of hydrogen-bond donors (Lipinski definition) is 0. The third-order valence-corrected chi connectivity index (χ3v) is 6.52. The number of anilines is 1. The van der Waals surface area contributed by atoms with Crippen LogP contribution in [0.15, 0.2) is 115 Å². The van der Waals surface area contributed by atoms with Gasteiger partial charge < -0.3 is 9.64 Å². The summed E-state index contributed by atoms with van der Waals surface area (Å²) in [4.78, 5) is 15.2. The third-order valence-electron chi connectivity index (χ3n) is 6.52. The molecule has 0 saturated carbocycles. The molecule has 0 radical (unpaired) electrons. The molecule has 1 aliphatic heterocycles. The zero-order valence-corrected chi connectivity index (χ0v) is 19.2. The summed E-state index contributed by atoms with van der Waals surface area (Å²) in [6.45, 7) is 0.525. The van der Waals surface area contributed by atoms with Crippen molar-refractivity contribution in [2.24, 2.45) is 5.92 Å². The van der Waals surface area contributed by atoms with Gasteiger partial charge in [0.05, 0.1) is 12.0 Å². The molecule has 1 fully saturated rings. The molecule has 0 unspecified atom stereocenters. The number of carbonyl (C=O) groups is 1. The molecule has 1 saturated heterocycles. The first-order valence-corrected chi connectivity index (χ1v) is 12.0. The van der Waals surface area contributed by atoms with E-state index in [0.717, 1.165) is 41.8 Å². The fourth-order valence-electron chi connectivity index (χ4n) is 4.79. The number of β-lactam (4-membered cyclic amide) rings is 1. The zero-order chi connectivity index (χ0) is 23.2. The van der Waals surface area contributed by atoms with Gasteiger partial charge in [-0.05, 0) is 60.2 Å². The fourth-order valence-corrected chi connectivity index (χ4v) is 4.79. The summed E-state index contributed by atoms with van der Waals surface area (Å²) in [6.07, 6.45) is 2.85. The van der Waals surface area contributed by atoms with Crippen LogP contribution in [0, 0.1) is 5.92 Å². The van der Waals surface area contributed by atoms with Gasteiger partial charge in [0.2, 0.25) is 5.91 Å². The maximum Gasteiger partial charge on any atom is 0.233 e. The molecule has 3 nitrogen and oxygen atoms in total. The molecule has 0 aliphatic carbocycles.